The van der Waals surface area contributed by atoms with Gasteiger partial charge in [0.15, 0.2) is 5.78 Å². The zero-order valence-electron chi connectivity index (χ0n) is 9.66. The Morgan fingerprint density at radius 3 is 2.40 bits per heavy atom. The van der Waals surface area contributed by atoms with Crippen molar-refractivity contribution in [1.29, 1.82) is 0 Å². The van der Waals surface area contributed by atoms with Crippen molar-refractivity contribution in [1.82, 2.24) is 0 Å². The van der Waals surface area contributed by atoms with Gasteiger partial charge in [-0.3, -0.25) is 4.79 Å². The Morgan fingerprint density at radius 2 is 1.87 bits per heavy atom. The number of ketones is 1. The van der Waals surface area contributed by atoms with E-state index in [0.717, 1.165) is 12.0 Å². The molecule has 0 aliphatic heterocycles. The quantitative estimate of drug-likeness (QED) is 0.680. The summed E-state index contributed by atoms with van der Waals surface area (Å²) in [6, 6.07) is 9.88. The summed E-state index contributed by atoms with van der Waals surface area (Å²) < 4.78 is 0. The Labute approximate surface area is 91.8 Å². The molecule has 0 atom stereocenters. The number of rotatable bonds is 4. The molecule has 0 spiro atoms. The van der Waals surface area contributed by atoms with E-state index in [1.807, 2.05) is 57.2 Å². The van der Waals surface area contributed by atoms with Crippen LogP contribution in [0.2, 0.25) is 0 Å². The van der Waals surface area contributed by atoms with E-state index in [1.54, 1.807) is 6.08 Å². The molecule has 0 unspecified atom stereocenters. The fourth-order valence-corrected chi connectivity index (χ4v) is 1.14. The van der Waals surface area contributed by atoms with Gasteiger partial charge in [0.25, 0.3) is 0 Å². The van der Waals surface area contributed by atoms with E-state index in [-0.39, 0.29) is 11.2 Å². The zero-order chi connectivity index (χ0) is 11.3. The van der Waals surface area contributed by atoms with Crippen LogP contribution in [0.1, 0.15) is 32.8 Å². The van der Waals surface area contributed by atoms with Crippen molar-refractivity contribution >= 4 is 11.9 Å². The third-order valence-electron chi connectivity index (χ3n) is 2.78. The second-order valence-electron chi connectivity index (χ2n) is 4.35. The summed E-state index contributed by atoms with van der Waals surface area (Å²) in [6.45, 7) is 5.99. The predicted octanol–water partition coefficient (Wildman–Crippen LogP) is 3.71. The van der Waals surface area contributed by atoms with Gasteiger partial charge in [0, 0.05) is 5.41 Å². The standard InChI is InChI=1S/C14H18O/c1-4-14(2,3)13(15)11-10-12-8-6-5-7-9-12/h5-11H,4H2,1-3H3. The summed E-state index contributed by atoms with van der Waals surface area (Å²) in [5.74, 6) is 0.189. The second-order valence-corrected chi connectivity index (χ2v) is 4.35. The van der Waals surface area contributed by atoms with Crippen LogP contribution < -0.4 is 0 Å². The third kappa shape index (κ3) is 3.35. The lowest BCUT2D eigenvalue weighted by Crippen LogP contribution is -2.20. The van der Waals surface area contributed by atoms with Crippen LogP contribution in [0.25, 0.3) is 6.08 Å². The van der Waals surface area contributed by atoms with Crippen LogP contribution in [0.15, 0.2) is 36.4 Å². The molecule has 80 valence electrons. The van der Waals surface area contributed by atoms with E-state index < -0.39 is 0 Å². The largest absolute Gasteiger partial charge is 0.294 e. The maximum absolute atomic E-state index is 11.8. The number of hydrogen-bond acceptors (Lipinski definition) is 1. The van der Waals surface area contributed by atoms with Crippen molar-refractivity contribution < 1.29 is 4.79 Å². The normalized spacial score (nSPS) is 11.9. The van der Waals surface area contributed by atoms with Crippen LogP contribution in [0.5, 0.6) is 0 Å². The van der Waals surface area contributed by atoms with Gasteiger partial charge < -0.3 is 0 Å². The predicted molar refractivity (Wildman–Crippen MR) is 64.6 cm³/mol. The molecule has 0 saturated carbocycles. The van der Waals surface area contributed by atoms with Gasteiger partial charge in [-0.25, -0.2) is 0 Å². The first-order valence-electron chi connectivity index (χ1n) is 5.34. The van der Waals surface area contributed by atoms with Crippen LogP contribution in [0.4, 0.5) is 0 Å². The minimum atomic E-state index is -0.245. The Kier molecular flexibility index (Phi) is 3.84. The summed E-state index contributed by atoms with van der Waals surface area (Å²) in [5.41, 5.74) is 0.823. The van der Waals surface area contributed by atoms with E-state index in [1.165, 1.54) is 0 Å². The van der Waals surface area contributed by atoms with Crippen molar-refractivity contribution in [2.75, 3.05) is 0 Å². The summed E-state index contributed by atoms with van der Waals surface area (Å²) in [5, 5.41) is 0. The molecule has 0 aromatic heterocycles. The lowest BCUT2D eigenvalue weighted by Gasteiger charge is -2.18. The third-order valence-corrected chi connectivity index (χ3v) is 2.78. The molecular weight excluding hydrogens is 184 g/mol. The van der Waals surface area contributed by atoms with Crippen molar-refractivity contribution in [2.45, 2.75) is 27.2 Å². The molecule has 1 aromatic carbocycles. The summed E-state index contributed by atoms with van der Waals surface area (Å²) in [6.07, 6.45) is 4.42. The number of allylic oxidation sites excluding steroid dienone is 1. The molecule has 0 aliphatic rings. The van der Waals surface area contributed by atoms with Gasteiger partial charge in [0.2, 0.25) is 0 Å². The van der Waals surface area contributed by atoms with Crippen LogP contribution in [0.3, 0.4) is 0 Å². The minimum absolute atomic E-state index is 0.189. The number of benzene rings is 1. The van der Waals surface area contributed by atoms with Gasteiger partial charge in [0.1, 0.15) is 0 Å². The first-order chi connectivity index (χ1) is 7.06. The first kappa shape index (κ1) is 11.7. The Bertz CT molecular complexity index is 347. The molecule has 0 bridgehead atoms. The molecule has 0 fully saturated rings. The Hall–Kier alpha value is -1.37. The monoisotopic (exact) mass is 202 g/mol. The van der Waals surface area contributed by atoms with Gasteiger partial charge >= 0.3 is 0 Å². The molecule has 0 heterocycles. The molecule has 0 saturated heterocycles. The van der Waals surface area contributed by atoms with Crippen molar-refractivity contribution in [2.24, 2.45) is 5.41 Å². The highest BCUT2D eigenvalue weighted by Crippen LogP contribution is 2.21. The SMILES string of the molecule is CCC(C)(C)C(=O)C=Cc1ccccc1. The van der Waals surface area contributed by atoms with Crippen molar-refractivity contribution in [3.63, 3.8) is 0 Å². The fraction of sp³-hybridized carbons (Fsp3) is 0.357. The van der Waals surface area contributed by atoms with Gasteiger partial charge in [-0.05, 0) is 18.1 Å². The number of hydrogen-bond donors (Lipinski definition) is 0. The van der Waals surface area contributed by atoms with E-state index in [9.17, 15) is 4.79 Å². The fourth-order valence-electron chi connectivity index (χ4n) is 1.14. The average molecular weight is 202 g/mol. The smallest absolute Gasteiger partial charge is 0.161 e. The molecule has 0 radical (unpaired) electrons. The lowest BCUT2D eigenvalue weighted by molar-refractivity contribution is -0.122. The van der Waals surface area contributed by atoms with Gasteiger partial charge in [0.05, 0.1) is 0 Å². The maximum Gasteiger partial charge on any atom is 0.161 e. The summed E-state index contributed by atoms with van der Waals surface area (Å²) in [4.78, 5) is 11.8. The molecule has 0 N–H and O–H groups in total. The first-order valence-corrected chi connectivity index (χ1v) is 5.34. The highest BCUT2D eigenvalue weighted by molar-refractivity contribution is 5.97. The molecule has 1 aromatic rings. The molecule has 15 heavy (non-hydrogen) atoms. The molecule has 1 nitrogen and oxygen atoms in total. The minimum Gasteiger partial charge on any atom is -0.294 e. The Morgan fingerprint density at radius 1 is 1.27 bits per heavy atom. The van der Waals surface area contributed by atoms with Gasteiger partial charge in [-0.2, -0.15) is 0 Å². The van der Waals surface area contributed by atoms with Gasteiger partial charge in [-0.15, -0.1) is 0 Å². The van der Waals surface area contributed by atoms with E-state index in [0.29, 0.717) is 0 Å². The number of carbonyl (C=O) groups excluding carboxylic acids is 1. The molecule has 0 aliphatic carbocycles. The second kappa shape index (κ2) is 4.92. The van der Waals surface area contributed by atoms with Crippen molar-refractivity contribution in [3.05, 3.63) is 42.0 Å². The topological polar surface area (TPSA) is 17.1 Å². The Balaban J connectivity index is 2.71. The van der Waals surface area contributed by atoms with Gasteiger partial charge in [-0.1, -0.05) is 57.2 Å². The van der Waals surface area contributed by atoms with Crippen LogP contribution in [-0.4, -0.2) is 5.78 Å². The van der Waals surface area contributed by atoms with Crippen LogP contribution in [0, 0.1) is 5.41 Å². The van der Waals surface area contributed by atoms with E-state index in [2.05, 4.69) is 0 Å². The van der Waals surface area contributed by atoms with Crippen LogP contribution in [-0.2, 0) is 4.79 Å². The lowest BCUT2D eigenvalue weighted by atomic mass is 9.85. The average Bonchev–Trinajstić information content (AvgIpc) is 2.27. The summed E-state index contributed by atoms with van der Waals surface area (Å²) >= 11 is 0. The molecule has 1 heteroatoms. The molecular formula is C14H18O. The van der Waals surface area contributed by atoms with Crippen LogP contribution >= 0.6 is 0 Å². The highest BCUT2D eigenvalue weighted by Gasteiger charge is 2.22. The summed E-state index contributed by atoms with van der Waals surface area (Å²) in [7, 11) is 0. The highest BCUT2D eigenvalue weighted by atomic mass is 16.1. The van der Waals surface area contributed by atoms with E-state index >= 15 is 0 Å². The maximum atomic E-state index is 11.8. The van der Waals surface area contributed by atoms with E-state index in [4.69, 9.17) is 0 Å². The number of carbonyl (C=O) groups is 1. The molecule has 0 amide bonds. The molecule has 1 rings (SSSR count). The van der Waals surface area contributed by atoms with Crippen molar-refractivity contribution in [3.8, 4) is 0 Å². The zero-order valence-corrected chi connectivity index (χ0v) is 9.66.